The molecule has 0 aliphatic rings. The second kappa shape index (κ2) is 8.19. The van der Waals surface area contributed by atoms with Crippen molar-refractivity contribution in [2.24, 2.45) is 0 Å². The summed E-state index contributed by atoms with van der Waals surface area (Å²) < 4.78 is 0. The van der Waals surface area contributed by atoms with Gasteiger partial charge in [0, 0.05) is 21.6 Å². The number of nitrogens with zero attached hydrogens (tertiary/aromatic N) is 3. The van der Waals surface area contributed by atoms with E-state index in [2.05, 4.69) is 18.9 Å². The minimum Gasteiger partial charge on any atom is -0.208 e. The van der Waals surface area contributed by atoms with E-state index in [0.29, 0.717) is 17.5 Å². The third-order valence-corrected chi connectivity index (χ3v) is 5.23. The fourth-order valence-electron chi connectivity index (χ4n) is 3.06. The third-order valence-electron chi connectivity index (χ3n) is 4.43. The molecule has 0 bridgehead atoms. The molecule has 0 radical (unpaired) electrons. The summed E-state index contributed by atoms with van der Waals surface area (Å²) >= 11 is 1.69. The summed E-state index contributed by atoms with van der Waals surface area (Å²) in [6.45, 7) is 4.00. The van der Waals surface area contributed by atoms with Crippen LogP contribution in [0.5, 0.6) is 0 Å². The quantitative estimate of drug-likeness (QED) is 0.384. The van der Waals surface area contributed by atoms with Gasteiger partial charge in [-0.25, -0.2) is 15.0 Å². The first-order valence-electron chi connectivity index (χ1n) is 8.97. The standard InChI is InChI=1S/C24H19N3S/c1-3-19-20(15-10-16-21(19)28-2)24-26-22(17-11-6-4-7-12-17)25-23(27-24)18-13-8-5-9-14-18/h3-16H,1H2,2H3. The number of rotatable bonds is 5. The zero-order valence-electron chi connectivity index (χ0n) is 15.5. The van der Waals surface area contributed by atoms with Gasteiger partial charge in [-0.3, -0.25) is 0 Å². The Kier molecular flexibility index (Phi) is 5.31. The monoisotopic (exact) mass is 381 g/mol. The average Bonchev–Trinajstić information content (AvgIpc) is 2.79. The summed E-state index contributed by atoms with van der Waals surface area (Å²) in [6.07, 6.45) is 3.93. The molecule has 0 fully saturated rings. The highest BCUT2D eigenvalue weighted by Gasteiger charge is 2.15. The summed E-state index contributed by atoms with van der Waals surface area (Å²) in [5.41, 5.74) is 3.92. The van der Waals surface area contributed by atoms with Crippen LogP contribution in [0.1, 0.15) is 5.56 Å². The number of aromatic nitrogens is 3. The van der Waals surface area contributed by atoms with Crippen molar-refractivity contribution in [1.82, 2.24) is 15.0 Å². The lowest BCUT2D eigenvalue weighted by atomic mass is 10.1. The summed E-state index contributed by atoms with van der Waals surface area (Å²) in [5.74, 6) is 1.97. The number of benzene rings is 3. The van der Waals surface area contributed by atoms with Gasteiger partial charge in [-0.05, 0) is 17.9 Å². The normalized spacial score (nSPS) is 10.6. The van der Waals surface area contributed by atoms with Crippen molar-refractivity contribution in [3.8, 4) is 34.2 Å². The number of hydrogen-bond donors (Lipinski definition) is 0. The molecular weight excluding hydrogens is 362 g/mol. The molecule has 0 saturated heterocycles. The van der Waals surface area contributed by atoms with Crippen molar-refractivity contribution >= 4 is 17.8 Å². The van der Waals surface area contributed by atoms with Gasteiger partial charge in [-0.15, -0.1) is 11.8 Å². The largest absolute Gasteiger partial charge is 0.208 e. The Morgan fingerprint density at radius 1 is 0.679 bits per heavy atom. The highest BCUT2D eigenvalue weighted by molar-refractivity contribution is 7.98. The van der Waals surface area contributed by atoms with Gasteiger partial charge in [-0.2, -0.15) is 0 Å². The first-order chi connectivity index (χ1) is 13.8. The van der Waals surface area contributed by atoms with Gasteiger partial charge in [0.05, 0.1) is 0 Å². The van der Waals surface area contributed by atoms with Crippen LogP contribution in [0.3, 0.4) is 0 Å². The Hall–Kier alpha value is -3.24. The molecule has 0 saturated carbocycles. The van der Waals surface area contributed by atoms with Gasteiger partial charge in [0.1, 0.15) is 0 Å². The summed E-state index contributed by atoms with van der Waals surface area (Å²) in [7, 11) is 0. The van der Waals surface area contributed by atoms with Gasteiger partial charge in [0.15, 0.2) is 17.5 Å². The molecule has 3 nitrogen and oxygen atoms in total. The van der Waals surface area contributed by atoms with Crippen molar-refractivity contribution in [3.05, 3.63) is 91.0 Å². The highest BCUT2D eigenvalue weighted by atomic mass is 32.2. The van der Waals surface area contributed by atoms with Crippen molar-refractivity contribution in [2.75, 3.05) is 6.26 Å². The molecule has 0 aliphatic heterocycles. The zero-order valence-corrected chi connectivity index (χ0v) is 16.4. The molecule has 0 amide bonds. The van der Waals surface area contributed by atoms with E-state index in [4.69, 9.17) is 15.0 Å². The van der Waals surface area contributed by atoms with Crippen LogP contribution in [0.15, 0.2) is 90.3 Å². The second-order valence-corrected chi connectivity index (χ2v) is 7.01. The maximum Gasteiger partial charge on any atom is 0.164 e. The number of thioether (sulfide) groups is 1. The Labute approximate surface area is 169 Å². The van der Waals surface area contributed by atoms with Gasteiger partial charge < -0.3 is 0 Å². The smallest absolute Gasteiger partial charge is 0.164 e. The van der Waals surface area contributed by atoms with E-state index in [1.807, 2.05) is 78.9 Å². The predicted octanol–water partition coefficient (Wildman–Crippen LogP) is 6.24. The topological polar surface area (TPSA) is 38.7 Å². The molecular formula is C24H19N3S. The van der Waals surface area contributed by atoms with Gasteiger partial charge in [0.25, 0.3) is 0 Å². The summed E-state index contributed by atoms with van der Waals surface area (Å²) in [4.78, 5) is 15.5. The maximum absolute atomic E-state index is 4.80. The van der Waals surface area contributed by atoms with E-state index in [9.17, 15) is 0 Å². The average molecular weight is 382 g/mol. The SMILES string of the molecule is C=Cc1c(SC)cccc1-c1nc(-c2ccccc2)nc(-c2ccccc2)n1. The molecule has 4 aromatic rings. The first-order valence-corrected chi connectivity index (χ1v) is 10.2. The fraction of sp³-hybridized carbons (Fsp3) is 0.0417. The number of hydrogen-bond acceptors (Lipinski definition) is 4. The minimum absolute atomic E-state index is 0.651. The van der Waals surface area contributed by atoms with Crippen molar-refractivity contribution in [3.63, 3.8) is 0 Å². The van der Waals surface area contributed by atoms with Gasteiger partial charge in [-0.1, -0.05) is 85.5 Å². The van der Waals surface area contributed by atoms with Crippen LogP contribution in [0, 0.1) is 0 Å². The zero-order chi connectivity index (χ0) is 19.3. The van der Waals surface area contributed by atoms with Gasteiger partial charge in [0.2, 0.25) is 0 Å². The molecule has 0 atom stereocenters. The Morgan fingerprint density at radius 2 is 1.21 bits per heavy atom. The van der Waals surface area contributed by atoms with E-state index >= 15 is 0 Å². The van der Waals surface area contributed by atoms with Crippen molar-refractivity contribution in [1.29, 1.82) is 0 Å². The van der Waals surface area contributed by atoms with Crippen LogP contribution in [0.4, 0.5) is 0 Å². The van der Waals surface area contributed by atoms with Crippen LogP contribution in [0.2, 0.25) is 0 Å². The minimum atomic E-state index is 0.651. The Bertz CT molecular complexity index is 1050. The van der Waals surface area contributed by atoms with E-state index in [1.165, 1.54) is 0 Å². The summed E-state index contributed by atoms with van der Waals surface area (Å²) in [5, 5.41) is 0. The van der Waals surface area contributed by atoms with Crippen LogP contribution in [-0.4, -0.2) is 21.2 Å². The van der Waals surface area contributed by atoms with E-state index in [1.54, 1.807) is 11.8 Å². The molecule has 3 aromatic carbocycles. The van der Waals surface area contributed by atoms with E-state index < -0.39 is 0 Å². The highest BCUT2D eigenvalue weighted by Crippen LogP contribution is 2.32. The molecule has 0 N–H and O–H groups in total. The lowest BCUT2D eigenvalue weighted by Crippen LogP contribution is -2.01. The summed E-state index contributed by atoms with van der Waals surface area (Å²) in [6, 6.07) is 26.1. The molecule has 136 valence electrons. The molecule has 4 heteroatoms. The third kappa shape index (κ3) is 3.59. The molecule has 0 unspecified atom stereocenters. The molecule has 1 heterocycles. The second-order valence-electron chi connectivity index (χ2n) is 6.16. The van der Waals surface area contributed by atoms with Crippen LogP contribution >= 0.6 is 11.8 Å². The lowest BCUT2D eigenvalue weighted by molar-refractivity contribution is 1.07. The molecule has 28 heavy (non-hydrogen) atoms. The van der Waals surface area contributed by atoms with Crippen LogP contribution in [-0.2, 0) is 0 Å². The fourth-order valence-corrected chi connectivity index (χ4v) is 3.68. The van der Waals surface area contributed by atoms with E-state index in [0.717, 1.165) is 27.1 Å². The lowest BCUT2D eigenvalue weighted by Gasteiger charge is -2.12. The molecule has 0 aliphatic carbocycles. The van der Waals surface area contributed by atoms with Crippen LogP contribution < -0.4 is 0 Å². The molecule has 0 spiro atoms. The van der Waals surface area contributed by atoms with Crippen molar-refractivity contribution < 1.29 is 0 Å². The Morgan fingerprint density at radius 3 is 1.71 bits per heavy atom. The molecule has 4 rings (SSSR count). The van der Waals surface area contributed by atoms with Crippen LogP contribution in [0.25, 0.3) is 40.2 Å². The van der Waals surface area contributed by atoms with E-state index in [-0.39, 0.29) is 0 Å². The maximum atomic E-state index is 4.80. The van der Waals surface area contributed by atoms with Crippen molar-refractivity contribution in [2.45, 2.75) is 4.90 Å². The Balaban J connectivity index is 1.97. The van der Waals surface area contributed by atoms with Gasteiger partial charge >= 0.3 is 0 Å². The molecule has 1 aromatic heterocycles. The predicted molar refractivity (Wildman–Crippen MR) is 118 cm³/mol. The first kappa shape index (κ1) is 18.1.